The number of aromatic amines is 1. The quantitative estimate of drug-likeness (QED) is 0.629. The summed E-state index contributed by atoms with van der Waals surface area (Å²) in [7, 11) is -2.50. The van der Waals surface area contributed by atoms with Crippen LogP contribution in [-0.2, 0) is 14.8 Å². The van der Waals surface area contributed by atoms with E-state index in [0.717, 1.165) is 18.4 Å². The molecule has 5 rings (SSSR count). The van der Waals surface area contributed by atoms with Gasteiger partial charge in [0.05, 0.1) is 24.5 Å². The Bertz CT molecular complexity index is 1260. The lowest BCUT2D eigenvalue weighted by molar-refractivity contribution is -0.121. The number of rotatable bonds is 5. The van der Waals surface area contributed by atoms with E-state index in [9.17, 15) is 13.2 Å². The van der Waals surface area contributed by atoms with Crippen molar-refractivity contribution in [1.82, 2.24) is 9.71 Å². The molecular weight excluding hydrogens is 416 g/mol. The number of methoxy groups -OCH3 is 1. The molecule has 7 nitrogen and oxygen atoms in total. The molecule has 3 aromatic rings. The smallest absolute Gasteiger partial charge is 0.264 e. The number of sulfonamides is 1. The minimum atomic E-state index is -4.05. The zero-order valence-corrected chi connectivity index (χ0v) is 18.0. The second-order valence-corrected chi connectivity index (χ2v) is 9.73. The van der Waals surface area contributed by atoms with Crippen LogP contribution in [0.4, 0.5) is 0 Å². The first kappa shape index (κ1) is 19.9. The molecule has 1 aromatic heterocycles. The Balaban J connectivity index is 1.50. The second-order valence-electron chi connectivity index (χ2n) is 8.08. The molecule has 0 unspecified atom stereocenters. The standard InChI is InChI=1S/C23H24N2O5S/c1-29-19-9-8-15(14-4-2-5-14)22-21(19)17(11-13-30-22)23(26)25-31(27,28)20-7-3-6-18-16(20)10-12-24-18/h3,6-10,12,14,17,24H,2,4-5,11,13H2,1H3,(H,25,26)/t17-/m1/s1. The number of hydrogen-bond donors (Lipinski definition) is 2. The Morgan fingerprint density at radius 1 is 1.16 bits per heavy atom. The highest BCUT2D eigenvalue weighted by atomic mass is 32.2. The minimum Gasteiger partial charge on any atom is -0.496 e. The van der Waals surface area contributed by atoms with Crippen LogP contribution >= 0.6 is 0 Å². The van der Waals surface area contributed by atoms with Crippen LogP contribution in [0.15, 0.2) is 47.5 Å². The van der Waals surface area contributed by atoms with Crippen LogP contribution in [0, 0.1) is 0 Å². The summed E-state index contributed by atoms with van der Waals surface area (Å²) < 4.78 is 40.0. The summed E-state index contributed by atoms with van der Waals surface area (Å²) >= 11 is 0. The summed E-state index contributed by atoms with van der Waals surface area (Å²) in [5, 5.41) is 0.542. The van der Waals surface area contributed by atoms with Gasteiger partial charge in [-0.2, -0.15) is 0 Å². The molecule has 31 heavy (non-hydrogen) atoms. The molecule has 0 bridgehead atoms. The van der Waals surface area contributed by atoms with Gasteiger partial charge in [0.25, 0.3) is 10.0 Å². The summed E-state index contributed by atoms with van der Waals surface area (Å²) in [6.45, 7) is 0.353. The number of carbonyl (C=O) groups excluding carboxylic acids is 1. The van der Waals surface area contributed by atoms with Gasteiger partial charge in [-0.1, -0.05) is 18.6 Å². The fourth-order valence-electron chi connectivity index (χ4n) is 4.54. The fraction of sp³-hybridized carbons (Fsp3) is 0.348. The highest BCUT2D eigenvalue weighted by molar-refractivity contribution is 7.90. The van der Waals surface area contributed by atoms with E-state index in [1.807, 2.05) is 12.1 Å². The zero-order valence-electron chi connectivity index (χ0n) is 17.2. The largest absolute Gasteiger partial charge is 0.496 e. The topological polar surface area (TPSA) is 97.5 Å². The molecule has 1 saturated carbocycles. The van der Waals surface area contributed by atoms with Gasteiger partial charge in [0.15, 0.2) is 0 Å². The lowest BCUT2D eigenvalue weighted by Crippen LogP contribution is -2.37. The molecule has 0 saturated heterocycles. The average Bonchev–Trinajstić information content (AvgIpc) is 3.20. The van der Waals surface area contributed by atoms with Crippen LogP contribution in [0.5, 0.6) is 11.5 Å². The van der Waals surface area contributed by atoms with E-state index < -0.39 is 21.8 Å². The van der Waals surface area contributed by atoms with E-state index in [1.54, 1.807) is 31.5 Å². The van der Waals surface area contributed by atoms with Crippen molar-refractivity contribution in [3.63, 3.8) is 0 Å². The minimum absolute atomic E-state index is 0.0714. The maximum absolute atomic E-state index is 13.2. The summed E-state index contributed by atoms with van der Waals surface area (Å²) in [5.41, 5.74) is 2.42. The van der Waals surface area contributed by atoms with Crippen LogP contribution in [-0.4, -0.2) is 33.0 Å². The van der Waals surface area contributed by atoms with E-state index in [2.05, 4.69) is 9.71 Å². The van der Waals surface area contributed by atoms with Crippen molar-refractivity contribution >= 4 is 26.8 Å². The van der Waals surface area contributed by atoms with E-state index in [1.165, 1.54) is 12.5 Å². The van der Waals surface area contributed by atoms with E-state index >= 15 is 0 Å². The number of carbonyl (C=O) groups is 1. The first-order valence-corrected chi connectivity index (χ1v) is 11.9. The number of aromatic nitrogens is 1. The molecule has 1 amide bonds. The highest BCUT2D eigenvalue weighted by Crippen LogP contribution is 2.49. The molecule has 1 aliphatic heterocycles. The van der Waals surface area contributed by atoms with Crippen LogP contribution in [0.1, 0.15) is 48.6 Å². The number of amides is 1. The Morgan fingerprint density at radius 3 is 2.74 bits per heavy atom. The van der Waals surface area contributed by atoms with Crippen LogP contribution in [0.3, 0.4) is 0 Å². The zero-order chi connectivity index (χ0) is 21.6. The van der Waals surface area contributed by atoms with Gasteiger partial charge in [-0.25, -0.2) is 13.1 Å². The molecule has 1 fully saturated rings. The molecule has 2 aliphatic rings. The third-order valence-corrected chi connectivity index (χ3v) is 7.75. The van der Waals surface area contributed by atoms with Crippen molar-refractivity contribution in [3.8, 4) is 11.5 Å². The molecule has 162 valence electrons. The molecule has 1 aliphatic carbocycles. The van der Waals surface area contributed by atoms with Crippen molar-refractivity contribution in [1.29, 1.82) is 0 Å². The van der Waals surface area contributed by atoms with E-state index in [0.29, 0.717) is 46.9 Å². The van der Waals surface area contributed by atoms with E-state index in [-0.39, 0.29) is 4.90 Å². The molecular formula is C23H24N2O5S. The molecule has 0 spiro atoms. The molecule has 1 atom stereocenters. The molecule has 8 heteroatoms. The van der Waals surface area contributed by atoms with Gasteiger partial charge in [0.2, 0.25) is 5.91 Å². The van der Waals surface area contributed by atoms with Crippen LogP contribution < -0.4 is 14.2 Å². The number of benzene rings is 2. The lowest BCUT2D eigenvalue weighted by Gasteiger charge is -2.33. The maximum Gasteiger partial charge on any atom is 0.264 e. The summed E-state index contributed by atoms with van der Waals surface area (Å²) in [6.07, 6.45) is 5.42. The number of nitrogens with one attached hydrogen (secondary N) is 2. The Morgan fingerprint density at radius 2 is 2.00 bits per heavy atom. The molecule has 2 aromatic carbocycles. The summed E-state index contributed by atoms with van der Waals surface area (Å²) in [4.78, 5) is 16.3. The monoisotopic (exact) mass is 440 g/mol. The number of fused-ring (bicyclic) bond motifs is 2. The van der Waals surface area contributed by atoms with Crippen molar-refractivity contribution in [2.24, 2.45) is 0 Å². The van der Waals surface area contributed by atoms with Crippen molar-refractivity contribution in [3.05, 3.63) is 53.7 Å². The number of ether oxygens (including phenoxy) is 2. The molecule has 2 N–H and O–H groups in total. The fourth-order valence-corrected chi connectivity index (χ4v) is 5.79. The maximum atomic E-state index is 13.2. The van der Waals surface area contributed by atoms with Gasteiger partial charge in [-0.3, -0.25) is 4.79 Å². The normalized spacial score (nSPS) is 18.7. The Hall–Kier alpha value is -3.00. The summed E-state index contributed by atoms with van der Waals surface area (Å²) in [5.74, 6) is 0.403. The summed E-state index contributed by atoms with van der Waals surface area (Å²) in [6, 6.07) is 10.5. The van der Waals surface area contributed by atoms with Gasteiger partial charge in [0, 0.05) is 22.7 Å². The van der Waals surface area contributed by atoms with E-state index in [4.69, 9.17) is 9.47 Å². The van der Waals surface area contributed by atoms with Gasteiger partial charge in [-0.05, 0) is 55.0 Å². The lowest BCUT2D eigenvalue weighted by atomic mass is 9.77. The third kappa shape index (κ3) is 3.35. The first-order chi connectivity index (χ1) is 15.0. The van der Waals surface area contributed by atoms with Gasteiger partial charge in [-0.15, -0.1) is 0 Å². The number of hydrogen-bond acceptors (Lipinski definition) is 5. The second kappa shape index (κ2) is 7.60. The molecule has 0 radical (unpaired) electrons. The predicted molar refractivity (Wildman–Crippen MR) is 116 cm³/mol. The Labute approximate surface area is 180 Å². The van der Waals surface area contributed by atoms with Gasteiger partial charge >= 0.3 is 0 Å². The van der Waals surface area contributed by atoms with Gasteiger partial charge < -0.3 is 14.5 Å². The SMILES string of the molecule is COc1ccc(C2CCC2)c2c1[C@H](C(=O)NS(=O)(=O)c1cccc3[nH]ccc13)CCO2. The van der Waals surface area contributed by atoms with Crippen molar-refractivity contribution < 1.29 is 22.7 Å². The van der Waals surface area contributed by atoms with Crippen LogP contribution in [0.25, 0.3) is 10.9 Å². The highest BCUT2D eigenvalue weighted by Gasteiger charge is 2.37. The first-order valence-electron chi connectivity index (χ1n) is 10.5. The van der Waals surface area contributed by atoms with Crippen LogP contribution in [0.2, 0.25) is 0 Å². The van der Waals surface area contributed by atoms with Gasteiger partial charge in [0.1, 0.15) is 11.5 Å². The Kier molecular flexibility index (Phi) is 4.89. The van der Waals surface area contributed by atoms with Crippen molar-refractivity contribution in [2.45, 2.75) is 42.4 Å². The molecule has 2 heterocycles. The third-order valence-electron chi connectivity index (χ3n) is 6.35. The average molecular weight is 441 g/mol. The number of H-pyrrole nitrogens is 1. The predicted octanol–water partition coefficient (Wildman–Crippen LogP) is 3.82. The van der Waals surface area contributed by atoms with Crippen molar-refractivity contribution in [2.75, 3.05) is 13.7 Å².